The third kappa shape index (κ3) is 3.34. The minimum atomic E-state index is -5.00. The van der Waals surface area contributed by atoms with Crippen molar-refractivity contribution in [1.82, 2.24) is 4.98 Å². The predicted octanol–water partition coefficient (Wildman–Crippen LogP) is 6.78. The molecule has 0 atom stereocenters. The van der Waals surface area contributed by atoms with Crippen molar-refractivity contribution in [3.05, 3.63) is 57.2 Å². The number of alkyl halides is 3. The summed E-state index contributed by atoms with van der Waals surface area (Å²) in [7, 11) is 0. The van der Waals surface area contributed by atoms with E-state index in [1.165, 1.54) is 11.3 Å². The van der Waals surface area contributed by atoms with E-state index in [1.807, 2.05) is 41.8 Å². The van der Waals surface area contributed by atoms with Gasteiger partial charge in [0, 0.05) is 9.86 Å². The number of hydrogen-bond donors (Lipinski definition) is 1. The van der Waals surface area contributed by atoms with E-state index in [2.05, 4.69) is 20.9 Å². The van der Waals surface area contributed by atoms with Crippen LogP contribution in [-0.2, 0) is 0 Å². The van der Waals surface area contributed by atoms with E-state index < -0.39 is 16.8 Å². The molecular weight excluding hydrogens is 473 g/mol. The van der Waals surface area contributed by atoms with Crippen LogP contribution in [0.4, 0.5) is 18.9 Å². The molecule has 9 heteroatoms. The second-order valence-corrected chi connectivity index (χ2v) is 8.75. The van der Waals surface area contributed by atoms with Crippen LogP contribution >= 0.6 is 38.6 Å². The van der Waals surface area contributed by atoms with Crippen LogP contribution in [0, 0.1) is 0 Å². The van der Waals surface area contributed by atoms with E-state index in [-0.39, 0.29) is 5.69 Å². The first-order valence-corrected chi connectivity index (χ1v) is 10.4. The Morgan fingerprint density at radius 2 is 1.86 bits per heavy atom. The number of nitrogens with two attached hydrogens (primary N) is 1. The van der Waals surface area contributed by atoms with Crippen molar-refractivity contribution in [3.63, 3.8) is 0 Å². The number of fused-ring (bicyclic) bond motifs is 1. The maximum Gasteiger partial charge on any atom is 0.455 e. The molecule has 3 aromatic heterocycles. The number of anilines is 1. The summed E-state index contributed by atoms with van der Waals surface area (Å²) < 4.78 is 39.8. The highest BCUT2D eigenvalue weighted by atomic mass is 79.9. The zero-order chi connectivity index (χ0) is 20.1. The molecule has 3 heterocycles. The third-order valence-electron chi connectivity index (χ3n) is 4.09. The van der Waals surface area contributed by atoms with Crippen LogP contribution in [0.2, 0.25) is 0 Å². The number of pyridine rings is 1. The highest BCUT2D eigenvalue weighted by Gasteiger charge is 2.42. The van der Waals surface area contributed by atoms with E-state index in [0.29, 0.717) is 32.8 Å². The fourth-order valence-electron chi connectivity index (χ4n) is 2.83. The lowest BCUT2D eigenvalue weighted by Crippen LogP contribution is -2.22. The van der Waals surface area contributed by atoms with Gasteiger partial charge in [0.1, 0.15) is 9.71 Å². The number of nitrogen functional groups attached to an aromatic ring is 1. The SMILES string of the molecule is Nc1c(C(=O)C(F)(F)F)sc2nc(-c3cccs3)cc(-c3ccc(Br)cc3)c12. The van der Waals surface area contributed by atoms with Crippen LogP contribution in [0.3, 0.4) is 0 Å². The van der Waals surface area contributed by atoms with Gasteiger partial charge in [-0.1, -0.05) is 34.1 Å². The lowest BCUT2D eigenvalue weighted by atomic mass is 10.0. The molecule has 0 saturated carbocycles. The van der Waals surface area contributed by atoms with Crippen molar-refractivity contribution in [2.24, 2.45) is 0 Å². The molecule has 0 aliphatic heterocycles. The van der Waals surface area contributed by atoms with E-state index >= 15 is 0 Å². The first-order valence-electron chi connectivity index (χ1n) is 7.90. The van der Waals surface area contributed by atoms with Gasteiger partial charge in [0.15, 0.2) is 0 Å². The standard InChI is InChI=1S/C19H10BrF3N2OS2/c20-10-5-3-9(4-6-10)11-8-12(13-2-1-7-27-13)25-18-14(11)15(24)16(28-18)17(26)19(21,22)23/h1-8H,24H2. The second-order valence-electron chi connectivity index (χ2n) is 5.89. The van der Waals surface area contributed by atoms with Gasteiger partial charge in [0.25, 0.3) is 5.78 Å². The van der Waals surface area contributed by atoms with E-state index in [9.17, 15) is 18.0 Å². The quantitative estimate of drug-likeness (QED) is 0.327. The number of halogens is 4. The van der Waals surface area contributed by atoms with Gasteiger partial charge >= 0.3 is 6.18 Å². The maximum absolute atomic E-state index is 13.0. The molecule has 3 nitrogen and oxygen atoms in total. The number of hydrogen-bond acceptors (Lipinski definition) is 5. The molecule has 0 fully saturated rings. The number of thiophene rings is 2. The first kappa shape index (κ1) is 19.1. The smallest absolute Gasteiger partial charge is 0.397 e. The fourth-order valence-corrected chi connectivity index (χ4v) is 4.86. The molecule has 0 spiro atoms. The molecule has 4 rings (SSSR count). The number of carbonyl (C=O) groups excluding carboxylic acids is 1. The Kier molecular flexibility index (Phi) is 4.76. The minimum Gasteiger partial charge on any atom is -0.397 e. The molecule has 142 valence electrons. The van der Waals surface area contributed by atoms with Gasteiger partial charge in [-0.05, 0) is 40.8 Å². The Balaban J connectivity index is 2.03. The minimum absolute atomic E-state index is 0.189. The molecule has 1 aromatic carbocycles. The van der Waals surface area contributed by atoms with Crippen LogP contribution in [0.5, 0.6) is 0 Å². The molecular formula is C19H10BrF3N2OS2. The zero-order valence-electron chi connectivity index (χ0n) is 13.9. The molecule has 0 aliphatic carbocycles. The predicted molar refractivity (Wildman–Crippen MR) is 111 cm³/mol. The Bertz CT molecular complexity index is 1180. The van der Waals surface area contributed by atoms with Gasteiger partial charge in [-0.2, -0.15) is 13.2 Å². The Morgan fingerprint density at radius 3 is 2.46 bits per heavy atom. The third-order valence-corrected chi connectivity index (χ3v) is 6.61. The summed E-state index contributed by atoms with van der Waals surface area (Å²) in [4.78, 5) is 17.0. The van der Waals surface area contributed by atoms with Crippen molar-refractivity contribution < 1.29 is 18.0 Å². The zero-order valence-corrected chi connectivity index (χ0v) is 17.1. The highest BCUT2D eigenvalue weighted by molar-refractivity contribution is 9.10. The molecule has 0 bridgehead atoms. The molecule has 0 saturated heterocycles. The Hall–Kier alpha value is -2.23. The van der Waals surface area contributed by atoms with Crippen molar-refractivity contribution in [2.45, 2.75) is 6.18 Å². The Morgan fingerprint density at radius 1 is 1.14 bits per heavy atom. The van der Waals surface area contributed by atoms with E-state index in [0.717, 1.165) is 14.9 Å². The Labute approximate surface area is 173 Å². The molecule has 2 N–H and O–H groups in total. The molecule has 0 aliphatic rings. The van der Waals surface area contributed by atoms with Crippen LogP contribution < -0.4 is 5.73 Å². The average Bonchev–Trinajstić information content (AvgIpc) is 3.29. The molecule has 0 unspecified atom stereocenters. The van der Waals surface area contributed by atoms with Gasteiger partial charge in [-0.15, -0.1) is 22.7 Å². The topological polar surface area (TPSA) is 56.0 Å². The van der Waals surface area contributed by atoms with Gasteiger partial charge in [-0.3, -0.25) is 4.79 Å². The van der Waals surface area contributed by atoms with Crippen molar-refractivity contribution in [1.29, 1.82) is 0 Å². The second kappa shape index (κ2) is 6.98. The largest absolute Gasteiger partial charge is 0.455 e. The van der Waals surface area contributed by atoms with Gasteiger partial charge in [0.2, 0.25) is 0 Å². The lowest BCUT2D eigenvalue weighted by Gasteiger charge is -2.08. The molecule has 28 heavy (non-hydrogen) atoms. The maximum atomic E-state index is 13.0. The number of nitrogens with zero attached hydrogens (tertiary/aromatic N) is 1. The van der Waals surface area contributed by atoms with Crippen molar-refractivity contribution in [3.8, 4) is 21.7 Å². The van der Waals surface area contributed by atoms with Crippen LogP contribution in [0.15, 0.2) is 52.3 Å². The normalized spacial score (nSPS) is 11.9. The summed E-state index contributed by atoms with van der Waals surface area (Å²) >= 11 is 5.51. The molecule has 0 radical (unpaired) electrons. The van der Waals surface area contributed by atoms with E-state index in [4.69, 9.17) is 5.73 Å². The first-order chi connectivity index (χ1) is 13.3. The van der Waals surface area contributed by atoms with Crippen molar-refractivity contribution in [2.75, 3.05) is 5.73 Å². The summed E-state index contributed by atoms with van der Waals surface area (Å²) in [5, 5.41) is 2.25. The van der Waals surface area contributed by atoms with Crippen molar-refractivity contribution >= 4 is 60.3 Å². The summed E-state index contributed by atoms with van der Waals surface area (Å²) in [6.45, 7) is 0. The monoisotopic (exact) mass is 482 g/mol. The highest BCUT2D eigenvalue weighted by Crippen LogP contribution is 2.43. The van der Waals surface area contributed by atoms with Crippen LogP contribution in [0.25, 0.3) is 31.9 Å². The summed E-state index contributed by atoms with van der Waals surface area (Å²) in [6, 6.07) is 12.9. The summed E-state index contributed by atoms with van der Waals surface area (Å²) in [6.07, 6.45) is -5.00. The fraction of sp³-hybridized carbons (Fsp3) is 0.0526. The number of aromatic nitrogens is 1. The molecule has 4 aromatic rings. The number of Topliss-reactive ketones (excluding diaryl/α,β-unsaturated/α-hetero) is 1. The number of carbonyl (C=O) groups is 1. The van der Waals surface area contributed by atoms with Crippen LogP contribution in [-0.4, -0.2) is 16.9 Å². The number of ketones is 1. The van der Waals surface area contributed by atoms with Crippen LogP contribution in [0.1, 0.15) is 9.67 Å². The average molecular weight is 483 g/mol. The van der Waals surface area contributed by atoms with Gasteiger partial charge in [0.05, 0.1) is 16.3 Å². The lowest BCUT2D eigenvalue weighted by molar-refractivity contribution is -0.0881. The molecule has 0 amide bonds. The van der Waals surface area contributed by atoms with Gasteiger partial charge in [-0.25, -0.2) is 4.98 Å². The van der Waals surface area contributed by atoms with Gasteiger partial charge < -0.3 is 5.73 Å². The number of benzene rings is 1. The summed E-state index contributed by atoms with van der Waals surface area (Å²) in [5.41, 5.74) is 7.85. The number of rotatable bonds is 3. The van der Waals surface area contributed by atoms with E-state index in [1.54, 1.807) is 6.07 Å². The summed E-state index contributed by atoms with van der Waals surface area (Å²) in [5.74, 6) is -1.95.